The number of nitriles is 1. The molecule has 0 aliphatic carbocycles. The number of halogens is 1. The quantitative estimate of drug-likeness (QED) is 0.568. The minimum atomic E-state index is -0.754. The van der Waals surface area contributed by atoms with E-state index >= 15 is 0 Å². The second-order valence-corrected chi connectivity index (χ2v) is 2.89. The Balaban J connectivity index is 3.49. The van der Waals surface area contributed by atoms with Gasteiger partial charge < -0.3 is 4.74 Å². The van der Waals surface area contributed by atoms with Crippen LogP contribution in [0, 0.1) is 11.3 Å². The molecule has 0 aromatic rings. The van der Waals surface area contributed by atoms with Crippen molar-refractivity contribution in [2.75, 3.05) is 13.7 Å². The summed E-state index contributed by atoms with van der Waals surface area (Å²) < 4.78 is 4.74. The van der Waals surface area contributed by atoms with E-state index in [2.05, 4.69) is 0 Å². The lowest BCUT2D eigenvalue weighted by atomic mass is 10.1. The minimum absolute atomic E-state index is 0.535. The van der Waals surface area contributed by atoms with Crippen molar-refractivity contribution in [2.24, 2.45) is 0 Å². The van der Waals surface area contributed by atoms with Crippen molar-refractivity contribution in [2.45, 2.75) is 18.2 Å². The summed E-state index contributed by atoms with van der Waals surface area (Å²) in [5, 5.41) is 8.38. The summed E-state index contributed by atoms with van der Waals surface area (Å²) in [6, 6.07) is 1.96. The van der Waals surface area contributed by atoms with Crippen LogP contribution in [-0.2, 0) is 4.74 Å². The zero-order valence-corrected chi connectivity index (χ0v) is 6.40. The summed E-state index contributed by atoms with van der Waals surface area (Å²) >= 11 is 5.66. The first kappa shape index (κ1) is 8.74. The van der Waals surface area contributed by atoms with Crippen LogP contribution in [0.2, 0.25) is 0 Å². The van der Waals surface area contributed by atoms with Crippen molar-refractivity contribution in [1.29, 1.82) is 5.26 Å². The summed E-state index contributed by atoms with van der Waals surface area (Å²) in [5.74, 6) is 0. The van der Waals surface area contributed by atoms with Crippen molar-refractivity contribution in [3.05, 3.63) is 0 Å². The first-order valence-corrected chi connectivity index (χ1v) is 3.09. The zero-order chi connectivity index (χ0) is 7.33. The highest BCUT2D eigenvalue weighted by molar-refractivity contribution is 6.25. The SMILES string of the molecule is COCCC(C)(Cl)C#N. The maximum atomic E-state index is 8.38. The lowest BCUT2D eigenvalue weighted by Gasteiger charge is -2.09. The minimum Gasteiger partial charge on any atom is -0.385 e. The third kappa shape index (κ3) is 4.26. The van der Waals surface area contributed by atoms with E-state index in [1.165, 1.54) is 0 Å². The van der Waals surface area contributed by atoms with Crippen molar-refractivity contribution in [3.8, 4) is 6.07 Å². The van der Waals surface area contributed by atoms with E-state index in [4.69, 9.17) is 21.6 Å². The van der Waals surface area contributed by atoms with Gasteiger partial charge in [-0.15, -0.1) is 11.6 Å². The third-order valence-electron chi connectivity index (χ3n) is 1.01. The Morgan fingerprint density at radius 1 is 1.78 bits per heavy atom. The molecule has 0 spiro atoms. The average molecular weight is 148 g/mol. The molecule has 9 heavy (non-hydrogen) atoms. The fourth-order valence-electron chi connectivity index (χ4n) is 0.350. The number of alkyl halides is 1. The van der Waals surface area contributed by atoms with E-state index in [-0.39, 0.29) is 0 Å². The molecule has 0 radical (unpaired) electrons. The van der Waals surface area contributed by atoms with Crippen LogP contribution in [0.1, 0.15) is 13.3 Å². The Morgan fingerprint density at radius 3 is 2.67 bits per heavy atom. The highest BCUT2D eigenvalue weighted by Gasteiger charge is 2.18. The van der Waals surface area contributed by atoms with E-state index in [0.717, 1.165) is 0 Å². The fourth-order valence-corrected chi connectivity index (χ4v) is 0.427. The van der Waals surface area contributed by atoms with Crippen molar-refractivity contribution >= 4 is 11.6 Å². The van der Waals surface area contributed by atoms with Crippen molar-refractivity contribution in [3.63, 3.8) is 0 Å². The summed E-state index contributed by atoms with van der Waals surface area (Å²) in [4.78, 5) is -0.754. The molecule has 0 aromatic heterocycles. The van der Waals surface area contributed by atoms with Crippen molar-refractivity contribution < 1.29 is 4.74 Å². The molecule has 0 N–H and O–H groups in total. The molecule has 0 fully saturated rings. The number of hydrogen-bond acceptors (Lipinski definition) is 2. The van der Waals surface area contributed by atoms with Gasteiger partial charge in [0, 0.05) is 20.1 Å². The van der Waals surface area contributed by atoms with Gasteiger partial charge in [-0.1, -0.05) is 0 Å². The molecule has 3 heteroatoms. The standard InChI is InChI=1S/C6H10ClNO/c1-6(7,5-8)3-4-9-2/h3-4H2,1-2H3. The number of methoxy groups -OCH3 is 1. The van der Waals surface area contributed by atoms with Gasteiger partial charge in [-0.3, -0.25) is 0 Å². The smallest absolute Gasteiger partial charge is 0.130 e. The Labute approximate surface area is 60.4 Å². The number of ether oxygens (including phenoxy) is 1. The third-order valence-corrected chi connectivity index (χ3v) is 1.28. The topological polar surface area (TPSA) is 33.0 Å². The van der Waals surface area contributed by atoms with Crippen LogP contribution >= 0.6 is 11.6 Å². The maximum Gasteiger partial charge on any atom is 0.130 e. The van der Waals surface area contributed by atoms with Crippen LogP contribution in [0.3, 0.4) is 0 Å². The van der Waals surface area contributed by atoms with Gasteiger partial charge >= 0.3 is 0 Å². The Morgan fingerprint density at radius 2 is 2.33 bits per heavy atom. The van der Waals surface area contributed by atoms with Crippen LogP contribution in [0.5, 0.6) is 0 Å². The van der Waals surface area contributed by atoms with Gasteiger partial charge in [0.05, 0.1) is 6.07 Å². The highest BCUT2D eigenvalue weighted by atomic mass is 35.5. The molecule has 1 unspecified atom stereocenters. The molecule has 0 aliphatic heterocycles. The lowest BCUT2D eigenvalue weighted by molar-refractivity contribution is 0.190. The first-order chi connectivity index (χ1) is 4.12. The Hall–Kier alpha value is -0.260. The fraction of sp³-hybridized carbons (Fsp3) is 0.833. The molecule has 0 saturated carbocycles. The molecular formula is C6H10ClNO. The number of nitrogens with zero attached hydrogens (tertiary/aromatic N) is 1. The molecule has 0 saturated heterocycles. The summed E-state index contributed by atoms with van der Waals surface area (Å²) in [6.07, 6.45) is 0.571. The van der Waals surface area contributed by atoms with Gasteiger partial charge in [0.25, 0.3) is 0 Å². The molecule has 52 valence electrons. The largest absolute Gasteiger partial charge is 0.385 e. The van der Waals surface area contributed by atoms with E-state index < -0.39 is 4.87 Å². The second-order valence-electron chi connectivity index (χ2n) is 2.05. The monoisotopic (exact) mass is 147 g/mol. The van der Waals surface area contributed by atoms with E-state index in [0.29, 0.717) is 13.0 Å². The summed E-state index contributed by atoms with van der Waals surface area (Å²) in [7, 11) is 1.59. The van der Waals surface area contributed by atoms with Gasteiger partial charge in [-0.2, -0.15) is 5.26 Å². The van der Waals surface area contributed by atoms with Gasteiger partial charge in [0.15, 0.2) is 0 Å². The van der Waals surface area contributed by atoms with Crippen LogP contribution in [0.15, 0.2) is 0 Å². The predicted molar refractivity (Wildman–Crippen MR) is 36.4 cm³/mol. The van der Waals surface area contributed by atoms with Crippen LogP contribution < -0.4 is 0 Å². The summed E-state index contributed by atoms with van der Waals surface area (Å²) in [6.45, 7) is 2.21. The molecular weight excluding hydrogens is 138 g/mol. The van der Waals surface area contributed by atoms with Crippen LogP contribution in [0.4, 0.5) is 0 Å². The Bertz CT molecular complexity index is 117. The molecule has 1 atom stereocenters. The van der Waals surface area contributed by atoms with Gasteiger partial charge in [-0.05, 0) is 6.92 Å². The van der Waals surface area contributed by atoms with Crippen LogP contribution in [-0.4, -0.2) is 18.6 Å². The average Bonchev–Trinajstić information content (AvgIpc) is 1.84. The molecule has 2 nitrogen and oxygen atoms in total. The normalized spacial score (nSPS) is 16.2. The van der Waals surface area contributed by atoms with Gasteiger partial charge in [0.1, 0.15) is 4.87 Å². The number of rotatable bonds is 3. The highest BCUT2D eigenvalue weighted by Crippen LogP contribution is 2.16. The first-order valence-electron chi connectivity index (χ1n) is 2.71. The lowest BCUT2D eigenvalue weighted by Crippen LogP contribution is -2.15. The van der Waals surface area contributed by atoms with Crippen LogP contribution in [0.25, 0.3) is 0 Å². The second kappa shape index (κ2) is 3.71. The molecule has 0 amide bonds. The zero-order valence-electron chi connectivity index (χ0n) is 5.65. The van der Waals surface area contributed by atoms with E-state index in [1.807, 2.05) is 6.07 Å². The van der Waals surface area contributed by atoms with Gasteiger partial charge in [0.2, 0.25) is 0 Å². The predicted octanol–water partition coefficient (Wildman–Crippen LogP) is 1.54. The van der Waals surface area contributed by atoms with E-state index in [9.17, 15) is 0 Å². The van der Waals surface area contributed by atoms with Crippen molar-refractivity contribution in [1.82, 2.24) is 0 Å². The maximum absolute atomic E-state index is 8.38. The van der Waals surface area contributed by atoms with Gasteiger partial charge in [-0.25, -0.2) is 0 Å². The Kier molecular flexibility index (Phi) is 3.60. The van der Waals surface area contributed by atoms with E-state index in [1.54, 1.807) is 14.0 Å². The molecule has 0 aromatic carbocycles. The molecule has 0 heterocycles. The molecule has 0 rings (SSSR count). The number of hydrogen-bond donors (Lipinski definition) is 0. The molecule has 0 bridgehead atoms. The molecule has 0 aliphatic rings. The summed E-state index contributed by atoms with van der Waals surface area (Å²) in [5.41, 5.74) is 0.